The minimum atomic E-state index is -3.11. The Morgan fingerprint density at radius 3 is 2.38 bits per heavy atom. The number of β-amino-alcohol motifs (C(OH)–C–C–N with tert-alkyl or cyclic N) is 1. The molecule has 2 fully saturated rings. The molecular weight excluding hydrogens is 288 g/mol. The molecule has 124 valence electrons. The average Bonchev–Trinajstić information content (AvgIpc) is 2.41. The average molecular weight is 318 g/mol. The molecule has 0 aromatic heterocycles. The van der Waals surface area contributed by atoms with Crippen molar-refractivity contribution in [3.8, 4) is 0 Å². The Balaban J connectivity index is 1.75. The Labute approximate surface area is 129 Å². The second kappa shape index (κ2) is 7.40. The van der Waals surface area contributed by atoms with Crippen molar-refractivity contribution >= 4 is 10.0 Å². The van der Waals surface area contributed by atoms with Crippen LogP contribution in [0.4, 0.5) is 0 Å². The summed E-state index contributed by atoms with van der Waals surface area (Å²) in [5.74, 6) is 0.215. The van der Waals surface area contributed by atoms with E-state index in [9.17, 15) is 13.5 Å². The molecule has 2 N–H and O–H groups in total. The molecule has 1 aliphatic carbocycles. The van der Waals surface area contributed by atoms with Crippen LogP contribution in [0.15, 0.2) is 0 Å². The van der Waals surface area contributed by atoms with Gasteiger partial charge in [0.15, 0.2) is 0 Å². The van der Waals surface area contributed by atoms with Crippen LogP contribution in [0.1, 0.15) is 58.3 Å². The third-order valence-electron chi connectivity index (χ3n) is 4.71. The smallest absolute Gasteiger partial charge is 0.211 e. The summed E-state index contributed by atoms with van der Waals surface area (Å²) in [5.41, 5.74) is -0.507. The van der Waals surface area contributed by atoms with Crippen LogP contribution in [0.25, 0.3) is 0 Å². The first-order chi connectivity index (χ1) is 9.92. The Hall–Kier alpha value is -0.170. The highest BCUT2D eigenvalue weighted by Crippen LogP contribution is 2.29. The van der Waals surface area contributed by atoms with Gasteiger partial charge in [0.2, 0.25) is 10.0 Å². The summed E-state index contributed by atoms with van der Waals surface area (Å²) in [4.78, 5) is 2.30. The highest BCUT2D eigenvalue weighted by Gasteiger charge is 2.33. The first-order valence-corrected chi connectivity index (χ1v) is 10.0. The predicted octanol–water partition coefficient (Wildman–Crippen LogP) is 1.48. The topological polar surface area (TPSA) is 69.6 Å². The first-order valence-electron chi connectivity index (χ1n) is 8.37. The Bertz CT molecular complexity index is 411. The van der Waals surface area contributed by atoms with Crippen molar-refractivity contribution in [2.45, 2.75) is 69.9 Å². The van der Waals surface area contributed by atoms with Crippen molar-refractivity contribution < 1.29 is 13.5 Å². The molecule has 0 spiro atoms. The largest absolute Gasteiger partial charge is 0.389 e. The van der Waals surface area contributed by atoms with Gasteiger partial charge in [-0.1, -0.05) is 26.2 Å². The van der Waals surface area contributed by atoms with E-state index in [1.54, 1.807) is 0 Å². The van der Waals surface area contributed by atoms with Gasteiger partial charge in [-0.25, -0.2) is 13.1 Å². The third kappa shape index (κ3) is 5.51. The van der Waals surface area contributed by atoms with E-state index in [1.165, 1.54) is 6.42 Å². The number of hydrogen-bond donors (Lipinski definition) is 2. The van der Waals surface area contributed by atoms with Gasteiger partial charge in [0, 0.05) is 12.6 Å². The van der Waals surface area contributed by atoms with Crippen molar-refractivity contribution in [3.05, 3.63) is 0 Å². The van der Waals surface area contributed by atoms with Crippen molar-refractivity contribution in [2.24, 2.45) is 0 Å². The van der Waals surface area contributed by atoms with Gasteiger partial charge in [0.25, 0.3) is 0 Å². The number of likely N-dealkylation sites (tertiary alicyclic amines) is 1. The number of piperidine rings is 1. The maximum absolute atomic E-state index is 11.8. The molecule has 0 unspecified atom stereocenters. The van der Waals surface area contributed by atoms with E-state index in [2.05, 4.69) is 9.62 Å². The monoisotopic (exact) mass is 318 g/mol. The normalized spacial score (nSPS) is 25.0. The van der Waals surface area contributed by atoms with Gasteiger partial charge in [-0.2, -0.15) is 0 Å². The molecule has 5 nitrogen and oxygen atoms in total. The molecule has 0 bridgehead atoms. The Morgan fingerprint density at radius 1 is 1.19 bits per heavy atom. The minimum Gasteiger partial charge on any atom is -0.389 e. The van der Waals surface area contributed by atoms with Crippen molar-refractivity contribution in [1.29, 1.82) is 0 Å². The molecular formula is C15H30N2O3S. The second-order valence-corrected chi connectivity index (χ2v) is 8.65. The zero-order valence-electron chi connectivity index (χ0n) is 13.2. The number of sulfonamides is 1. The highest BCUT2D eigenvalue weighted by atomic mass is 32.2. The van der Waals surface area contributed by atoms with Crippen LogP contribution in [-0.4, -0.2) is 55.5 Å². The van der Waals surface area contributed by atoms with E-state index in [4.69, 9.17) is 0 Å². The van der Waals surface area contributed by atoms with Gasteiger partial charge < -0.3 is 10.0 Å². The lowest BCUT2D eigenvalue weighted by molar-refractivity contribution is -0.0309. The molecule has 6 heteroatoms. The second-order valence-electron chi connectivity index (χ2n) is 6.77. The number of aliphatic hydroxyl groups is 1. The summed E-state index contributed by atoms with van der Waals surface area (Å²) in [6.07, 6.45) is 7.67. The fourth-order valence-corrected chi connectivity index (χ4v) is 4.97. The van der Waals surface area contributed by atoms with E-state index < -0.39 is 15.6 Å². The van der Waals surface area contributed by atoms with Crippen LogP contribution >= 0.6 is 0 Å². The zero-order valence-corrected chi connectivity index (χ0v) is 14.0. The number of hydrogen-bond acceptors (Lipinski definition) is 4. The van der Waals surface area contributed by atoms with Crippen molar-refractivity contribution in [2.75, 3.05) is 25.4 Å². The lowest BCUT2D eigenvalue weighted by atomic mass is 9.84. The molecule has 0 atom stereocenters. The minimum absolute atomic E-state index is 0.0683. The molecule has 2 aliphatic rings. The van der Waals surface area contributed by atoms with E-state index >= 15 is 0 Å². The lowest BCUT2D eigenvalue weighted by Gasteiger charge is -2.40. The summed E-state index contributed by atoms with van der Waals surface area (Å²) in [5, 5.41) is 10.6. The highest BCUT2D eigenvalue weighted by molar-refractivity contribution is 7.89. The summed E-state index contributed by atoms with van der Waals surface area (Å²) >= 11 is 0. The van der Waals surface area contributed by atoms with Crippen LogP contribution in [0.2, 0.25) is 0 Å². The first kappa shape index (κ1) is 17.2. The van der Waals surface area contributed by atoms with Gasteiger partial charge in [-0.3, -0.25) is 0 Å². The molecule has 21 heavy (non-hydrogen) atoms. The van der Waals surface area contributed by atoms with Crippen LogP contribution in [0.5, 0.6) is 0 Å². The molecule has 2 rings (SSSR count). The Morgan fingerprint density at radius 2 is 1.81 bits per heavy atom. The number of nitrogens with zero attached hydrogens (tertiary/aromatic N) is 1. The maximum Gasteiger partial charge on any atom is 0.211 e. The van der Waals surface area contributed by atoms with E-state index in [0.717, 1.165) is 58.2 Å². The third-order valence-corrected chi connectivity index (χ3v) is 6.35. The molecule has 1 saturated heterocycles. The summed E-state index contributed by atoms with van der Waals surface area (Å²) in [6, 6.07) is 0.0683. The van der Waals surface area contributed by atoms with Gasteiger partial charge in [0.1, 0.15) is 0 Å². The molecule has 1 heterocycles. The lowest BCUT2D eigenvalue weighted by Crippen LogP contribution is -2.50. The maximum atomic E-state index is 11.8. The summed E-state index contributed by atoms with van der Waals surface area (Å²) < 4.78 is 26.4. The standard InChI is InChI=1S/C15H30N2O3S/c1-2-12-21(19,20)16-14-6-10-17(11-7-14)13-15(18)8-4-3-5-9-15/h14,16,18H,2-13H2,1H3. The summed E-state index contributed by atoms with van der Waals surface area (Å²) in [6.45, 7) is 4.39. The van der Waals surface area contributed by atoms with Crippen LogP contribution in [-0.2, 0) is 10.0 Å². The van der Waals surface area contributed by atoms with E-state index in [0.29, 0.717) is 6.42 Å². The molecule has 0 radical (unpaired) electrons. The Kier molecular flexibility index (Phi) is 6.05. The zero-order chi connectivity index (χ0) is 15.3. The fourth-order valence-electron chi connectivity index (χ4n) is 3.57. The van der Waals surface area contributed by atoms with Crippen LogP contribution < -0.4 is 4.72 Å². The van der Waals surface area contributed by atoms with Gasteiger partial charge in [-0.05, 0) is 45.2 Å². The van der Waals surface area contributed by atoms with E-state index in [-0.39, 0.29) is 11.8 Å². The fraction of sp³-hybridized carbons (Fsp3) is 1.00. The SMILES string of the molecule is CCCS(=O)(=O)NC1CCN(CC2(O)CCCCC2)CC1. The van der Waals surface area contributed by atoms with Gasteiger partial charge >= 0.3 is 0 Å². The predicted molar refractivity (Wildman–Crippen MR) is 84.7 cm³/mol. The number of rotatable bonds is 6. The molecule has 1 saturated carbocycles. The van der Waals surface area contributed by atoms with Crippen molar-refractivity contribution in [3.63, 3.8) is 0 Å². The van der Waals surface area contributed by atoms with E-state index in [1.807, 2.05) is 6.92 Å². The molecule has 1 aliphatic heterocycles. The number of nitrogens with one attached hydrogen (secondary N) is 1. The molecule has 0 aromatic rings. The van der Waals surface area contributed by atoms with Gasteiger partial charge in [0.05, 0.1) is 11.4 Å². The quantitative estimate of drug-likeness (QED) is 0.778. The van der Waals surface area contributed by atoms with Crippen LogP contribution in [0.3, 0.4) is 0 Å². The van der Waals surface area contributed by atoms with Crippen LogP contribution in [0, 0.1) is 0 Å². The molecule has 0 amide bonds. The van der Waals surface area contributed by atoms with Crippen molar-refractivity contribution in [1.82, 2.24) is 9.62 Å². The van der Waals surface area contributed by atoms with Gasteiger partial charge in [-0.15, -0.1) is 0 Å². The summed E-state index contributed by atoms with van der Waals surface area (Å²) in [7, 11) is -3.11. The molecule has 0 aromatic carbocycles.